The lowest BCUT2D eigenvalue weighted by atomic mass is 10.00. The maximum Gasteiger partial charge on any atom is 0.0246 e. The van der Waals surface area contributed by atoms with Gasteiger partial charge in [0.25, 0.3) is 0 Å². The maximum absolute atomic E-state index is 3.69. The van der Waals surface area contributed by atoms with Crippen LogP contribution in [0, 0.1) is 5.92 Å². The molecule has 0 bridgehead atoms. The standard InChI is InChI=1S/C14H30N2/c1-6-12(5)16(7-2)14(11(3)4)10-15-13-8-9-13/h11-15H,6-10H2,1-5H3. The number of nitrogens with zero attached hydrogens (tertiary/aromatic N) is 1. The van der Waals surface area contributed by atoms with Crippen molar-refractivity contribution in [3.63, 3.8) is 0 Å². The van der Waals surface area contributed by atoms with Crippen molar-refractivity contribution in [1.29, 1.82) is 0 Å². The summed E-state index contributed by atoms with van der Waals surface area (Å²) in [5.74, 6) is 0.736. The van der Waals surface area contributed by atoms with E-state index in [0.717, 1.165) is 12.0 Å². The van der Waals surface area contributed by atoms with E-state index >= 15 is 0 Å². The van der Waals surface area contributed by atoms with E-state index in [-0.39, 0.29) is 0 Å². The highest BCUT2D eigenvalue weighted by Crippen LogP contribution is 2.21. The molecular weight excluding hydrogens is 196 g/mol. The van der Waals surface area contributed by atoms with Crippen LogP contribution in [-0.4, -0.2) is 36.1 Å². The number of hydrogen-bond acceptors (Lipinski definition) is 2. The van der Waals surface area contributed by atoms with Crippen LogP contribution in [0.15, 0.2) is 0 Å². The Labute approximate surface area is 102 Å². The first-order valence-electron chi connectivity index (χ1n) is 7.09. The molecule has 1 aliphatic rings. The van der Waals surface area contributed by atoms with E-state index in [1.54, 1.807) is 0 Å². The van der Waals surface area contributed by atoms with E-state index in [1.807, 2.05) is 0 Å². The van der Waals surface area contributed by atoms with Crippen LogP contribution >= 0.6 is 0 Å². The Bertz CT molecular complexity index is 187. The van der Waals surface area contributed by atoms with Gasteiger partial charge < -0.3 is 5.32 Å². The minimum absolute atomic E-state index is 0.695. The molecule has 0 radical (unpaired) electrons. The molecule has 2 unspecified atom stereocenters. The smallest absolute Gasteiger partial charge is 0.0246 e. The Morgan fingerprint density at radius 1 is 1.19 bits per heavy atom. The lowest BCUT2D eigenvalue weighted by molar-refractivity contribution is 0.111. The summed E-state index contributed by atoms with van der Waals surface area (Å²) in [6.07, 6.45) is 4.03. The van der Waals surface area contributed by atoms with Gasteiger partial charge in [-0.2, -0.15) is 0 Å². The zero-order valence-electron chi connectivity index (χ0n) is 11.8. The van der Waals surface area contributed by atoms with Crippen molar-refractivity contribution < 1.29 is 0 Å². The molecule has 1 fully saturated rings. The zero-order valence-corrected chi connectivity index (χ0v) is 11.8. The summed E-state index contributed by atoms with van der Waals surface area (Å²) in [5.41, 5.74) is 0. The molecule has 96 valence electrons. The molecule has 1 rings (SSSR count). The monoisotopic (exact) mass is 226 g/mol. The van der Waals surface area contributed by atoms with E-state index in [4.69, 9.17) is 0 Å². The summed E-state index contributed by atoms with van der Waals surface area (Å²) in [6.45, 7) is 14.0. The second-order valence-corrected chi connectivity index (χ2v) is 5.58. The van der Waals surface area contributed by atoms with Crippen LogP contribution in [-0.2, 0) is 0 Å². The van der Waals surface area contributed by atoms with Crippen LogP contribution in [0.2, 0.25) is 0 Å². The minimum Gasteiger partial charge on any atom is -0.312 e. The lowest BCUT2D eigenvalue weighted by Gasteiger charge is -2.38. The van der Waals surface area contributed by atoms with Gasteiger partial charge in [0.2, 0.25) is 0 Å². The van der Waals surface area contributed by atoms with Gasteiger partial charge in [-0.05, 0) is 38.6 Å². The first-order valence-corrected chi connectivity index (χ1v) is 7.09. The molecule has 2 nitrogen and oxygen atoms in total. The van der Waals surface area contributed by atoms with E-state index in [9.17, 15) is 0 Å². The maximum atomic E-state index is 3.69. The summed E-state index contributed by atoms with van der Waals surface area (Å²) >= 11 is 0. The van der Waals surface area contributed by atoms with Crippen molar-refractivity contribution in [2.45, 2.75) is 72.0 Å². The Morgan fingerprint density at radius 3 is 2.19 bits per heavy atom. The van der Waals surface area contributed by atoms with Crippen LogP contribution in [0.3, 0.4) is 0 Å². The van der Waals surface area contributed by atoms with Crippen molar-refractivity contribution in [3.05, 3.63) is 0 Å². The fourth-order valence-electron chi connectivity index (χ4n) is 2.42. The van der Waals surface area contributed by atoms with Gasteiger partial charge in [-0.3, -0.25) is 4.90 Å². The van der Waals surface area contributed by atoms with E-state index in [1.165, 1.54) is 32.4 Å². The molecule has 0 aliphatic heterocycles. The summed E-state index contributed by atoms with van der Waals surface area (Å²) in [6, 6.07) is 2.23. The van der Waals surface area contributed by atoms with Gasteiger partial charge in [0, 0.05) is 24.7 Å². The molecule has 1 aliphatic carbocycles. The highest BCUT2D eigenvalue weighted by Gasteiger charge is 2.27. The van der Waals surface area contributed by atoms with Crippen molar-refractivity contribution in [2.75, 3.05) is 13.1 Å². The summed E-state index contributed by atoms with van der Waals surface area (Å²) < 4.78 is 0. The highest BCUT2D eigenvalue weighted by molar-refractivity contribution is 4.86. The van der Waals surface area contributed by atoms with Crippen molar-refractivity contribution in [3.8, 4) is 0 Å². The van der Waals surface area contributed by atoms with Crippen LogP contribution < -0.4 is 5.32 Å². The number of rotatable bonds is 8. The third-order valence-corrected chi connectivity index (χ3v) is 3.91. The van der Waals surface area contributed by atoms with Crippen LogP contribution in [0.4, 0.5) is 0 Å². The third kappa shape index (κ3) is 4.06. The molecule has 0 aromatic carbocycles. The first kappa shape index (κ1) is 14.0. The molecule has 2 heteroatoms. The Kier molecular flexibility index (Phi) is 5.77. The van der Waals surface area contributed by atoms with Gasteiger partial charge in [-0.1, -0.05) is 27.7 Å². The fourth-order valence-corrected chi connectivity index (χ4v) is 2.42. The fraction of sp³-hybridized carbons (Fsp3) is 1.00. The van der Waals surface area contributed by atoms with Crippen molar-refractivity contribution >= 4 is 0 Å². The summed E-state index contributed by atoms with van der Waals surface area (Å²) in [4.78, 5) is 2.67. The molecule has 1 saturated carbocycles. The minimum atomic E-state index is 0.695. The molecule has 1 N–H and O–H groups in total. The predicted octanol–water partition coefficient (Wildman–Crippen LogP) is 2.88. The lowest BCUT2D eigenvalue weighted by Crippen LogP contribution is -2.49. The third-order valence-electron chi connectivity index (χ3n) is 3.91. The average Bonchev–Trinajstić information content (AvgIpc) is 3.06. The molecule has 0 spiro atoms. The van der Waals surface area contributed by atoms with E-state index in [0.29, 0.717) is 12.1 Å². The number of hydrogen-bond donors (Lipinski definition) is 1. The number of likely N-dealkylation sites (N-methyl/N-ethyl adjacent to an activating group) is 1. The number of nitrogens with one attached hydrogen (secondary N) is 1. The normalized spacial score (nSPS) is 20.4. The predicted molar refractivity (Wildman–Crippen MR) is 71.8 cm³/mol. The Hall–Kier alpha value is -0.0800. The van der Waals surface area contributed by atoms with E-state index in [2.05, 4.69) is 44.8 Å². The van der Waals surface area contributed by atoms with Gasteiger partial charge in [0.1, 0.15) is 0 Å². The van der Waals surface area contributed by atoms with Gasteiger partial charge in [-0.15, -0.1) is 0 Å². The molecule has 0 aromatic rings. The average molecular weight is 226 g/mol. The summed E-state index contributed by atoms with van der Waals surface area (Å²) in [5, 5.41) is 3.69. The van der Waals surface area contributed by atoms with E-state index < -0.39 is 0 Å². The van der Waals surface area contributed by atoms with Gasteiger partial charge in [-0.25, -0.2) is 0 Å². The zero-order chi connectivity index (χ0) is 12.1. The summed E-state index contributed by atoms with van der Waals surface area (Å²) in [7, 11) is 0. The Balaban J connectivity index is 2.49. The SMILES string of the molecule is CCC(C)N(CC)C(CNC1CC1)C(C)C. The van der Waals surface area contributed by atoms with Crippen LogP contribution in [0.25, 0.3) is 0 Å². The van der Waals surface area contributed by atoms with Crippen molar-refractivity contribution in [2.24, 2.45) is 5.92 Å². The quantitative estimate of drug-likeness (QED) is 0.684. The van der Waals surface area contributed by atoms with Crippen molar-refractivity contribution in [1.82, 2.24) is 10.2 Å². The molecule has 0 heterocycles. The molecule has 0 saturated heterocycles. The molecule has 0 aromatic heterocycles. The van der Waals surface area contributed by atoms with Gasteiger partial charge in [0.05, 0.1) is 0 Å². The Morgan fingerprint density at radius 2 is 1.81 bits per heavy atom. The second-order valence-electron chi connectivity index (χ2n) is 5.58. The first-order chi connectivity index (χ1) is 7.60. The topological polar surface area (TPSA) is 15.3 Å². The molecule has 0 amide bonds. The highest BCUT2D eigenvalue weighted by atomic mass is 15.2. The van der Waals surface area contributed by atoms with Gasteiger partial charge >= 0.3 is 0 Å². The molecular formula is C14H30N2. The van der Waals surface area contributed by atoms with Crippen LogP contribution in [0.5, 0.6) is 0 Å². The second kappa shape index (κ2) is 6.61. The largest absolute Gasteiger partial charge is 0.312 e. The molecule has 16 heavy (non-hydrogen) atoms. The van der Waals surface area contributed by atoms with Crippen LogP contribution in [0.1, 0.15) is 53.9 Å². The molecule has 2 atom stereocenters. The van der Waals surface area contributed by atoms with Gasteiger partial charge in [0.15, 0.2) is 0 Å².